The number of nitrogens with zero attached hydrogens (tertiary/aromatic N) is 1. The Morgan fingerprint density at radius 3 is 1.91 bits per heavy atom. The molecule has 0 amide bonds. The van der Waals surface area contributed by atoms with Crippen LogP contribution in [-0.4, -0.2) is 36.2 Å². The summed E-state index contributed by atoms with van der Waals surface area (Å²) in [7, 11) is 0. The fourth-order valence-electron chi connectivity index (χ4n) is 5.58. The molecule has 2 aliphatic heterocycles. The second-order valence-corrected chi connectivity index (χ2v) is 8.96. The first kappa shape index (κ1) is 16.8. The third-order valence-electron chi connectivity index (χ3n) is 7.08. The van der Waals surface area contributed by atoms with Gasteiger partial charge in [-0.1, -0.05) is 0 Å². The van der Waals surface area contributed by atoms with Crippen molar-refractivity contribution in [3.05, 3.63) is 0 Å². The van der Waals surface area contributed by atoms with Crippen molar-refractivity contribution >= 4 is 0 Å². The molecule has 1 spiro atoms. The van der Waals surface area contributed by atoms with Gasteiger partial charge in [0, 0.05) is 6.04 Å². The van der Waals surface area contributed by atoms with Gasteiger partial charge >= 0.3 is 0 Å². The van der Waals surface area contributed by atoms with Crippen LogP contribution in [-0.2, 0) is 4.74 Å². The first-order valence-corrected chi connectivity index (χ1v) is 9.87. The van der Waals surface area contributed by atoms with Gasteiger partial charge in [0.15, 0.2) is 0 Å². The summed E-state index contributed by atoms with van der Waals surface area (Å²) in [5.41, 5.74) is 0.713. The summed E-state index contributed by atoms with van der Waals surface area (Å²) in [5, 5.41) is 0. The molecule has 0 aromatic rings. The molecule has 3 aliphatic rings. The van der Waals surface area contributed by atoms with Gasteiger partial charge in [-0.3, -0.25) is 0 Å². The van der Waals surface area contributed by atoms with Crippen LogP contribution in [0, 0.1) is 17.3 Å². The van der Waals surface area contributed by atoms with Gasteiger partial charge in [0.25, 0.3) is 0 Å². The largest absolute Gasteiger partial charge is 0.376 e. The predicted octanol–water partition coefficient (Wildman–Crippen LogP) is 4.87. The summed E-state index contributed by atoms with van der Waals surface area (Å²) in [6, 6.07) is 0.735. The van der Waals surface area contributed by atoms with E-state index in [-0.39, 0.29) is 0 Å². The third-order valence-corrected chi connectivity index (χ3v) is 7.08. The van der Waals surface area contributed by atoms with Crippen LogP contribution in [0.5, 0.6) is 0 Å². The maximum absolute atomic E-state index is 5.95. The van der Waals surface area contributed by atoms with E-state index in [4.69, 9.17) is 4.74 Å². The molecule has 2 heterocycles. The van der Waals surface area contributed by atoms with Gasteiger partial charge in [0.2, 0.25) is 0 Å². The Balaban J connectivity index is 1.50. The molecular formula is C20H37NO. The summed E-state index contributed by atoms with van der Waals surface area (Å²) < 4.78 is 5.95. The maximum atomic E-state index is 5.95. The van der Waals surface area contributed by atoms with E-state index in [1.807, 2.05) is 0 Å². The van der Waals surface area contributed by atoms with Crippen molar-refractivity contribution in [1.29, 1.82) is 0 Å². The van der Waals surface area contributed by atoms with E-state index < -0.39 is 0 Å². The van der Waals surface area contributed by atoms with Crippen molar-refractivity contribution in [2.24, 2.45) is 17.3 Å². The predicted molar refractivity (Wildman–Crippen MR) is 93.1 cm³/mol. The van der Waals surface area contributed by atoms with E-state index >= 15 is 0 Å². The number of hydrogen-bond acceptors (Lipinski definition) is 2. The normalized spacial score (nSPS) is 37.8. The molecule has 3 rings (SSSR count). The monoisotopic (exact) mass is 307 g/mol. The second kappa shape index (κ2) is 6.81. The molecule has 1 saturated carbocycles. The molecular weight excluding hydrogens is 270 g/mol. The minimum absolute atomic E-state index is 0.485. The highest BCUT2D eigenvalue weighted by atomic mass is 16.5. The molecule has 0 aromatic carbocycles. The molecule has 2 saturated heterocycles. The number of rotatable bonds is 2. The van der Waals surface area contributed by atoms with E-state index in [1.165, 1.54) is 64.5 Å². The molecule has 2 heteroatoms. The molecule has 3 atom stereocenters. The Hall–Kier alpha value is -0.0800. The van der Waals surface area contributed by atoms with Crippen LogP contribution in [0.25, 0.3) is 0 Å². The van der Waals surface area contributed by atoms with Crippen molar-refractivity contribution in [3.63, 3.8) is 0 Å². The summed E-state index contributed by atoms with van der Waals surface area (Å²) in [4.78, 5) is 2.68. The van der Waals surface area contributed by atoms with E-state index in [1.54, 1.807) is 0 Å². The molecule has 0 radical (unpaired) electrons. The molecule has 2 nitrogen and oxygen atoms in total. The molecule has 3 fully saturated rings. The zero-order chi connectivity index (χ0) is 15.7. The second-order valence-electron chi connectivity index (χ2n) is 8.96. The molecule has 128 valence electrons. The van der Waals surface area contributed by atoms with Crippen molar-refractivity contribution in [1.82, 2.24) is 4.90 Å². The summed E-state index contributed by atoms with van der Waals surface area (Å²) in [5.74, 6) is 1.93. The zero-order valence-corrected chi connectivity index (χ0v) is 15.3. The van der Waals surface area contributed by atoms with Crippen LogP contribution in [0.15, 0.2) is 0 Å². The SMILES string of the molecule is CC(C)N1CCC2(CCC(C3C[C@@H](C)O[C@@H](C)C3)CC2)CC1. The molecule has 0 bridgehead atoms. The van der Waals surface area contributed by atoms with Crippen LogP contribution >= 0.6 is 0 Å². The number of ether oxygens (including phenoxy) is 1. The summed E-state index contributed by atoms with van der Waals surface area (Å²) >= 11 is 0. The fourth-order valence-corrected chi connectivity index (χ4v) is 5.58. The van der Waals surface area contributed by atoms with Crippen molar-refractivity contribution in [2.45, 2.75) is 97.3 Å². The van der Waals surface area contributed by atoms with E-state index in [0.29, 0.717) is 17.6 Å². The molecule has 1 aliphatic carbocycles. The van der Waals surface area contributed by atoms with Gasteiger partial charge in [0.05, 0.1) is 12.2 Å². The van der Waals surface area contributed by atoms with Gasteiger partial charge in [-0.05, 0) is 109 Å². The number of hydrogen-bond donors (Lipinski definition) is 0. The Morgan fingerprint density at radius 2 is 1.41 bits per heavy atom. The van der Waals surface area contributed by atoms with Crippen LogP contribution in [0.2, 0.25) is 0 Å². The van der Waals surface area contributed by atoms with E-state index in [9.17, 15) is 0 Å². The van der Waals surface area contributed by atoms with Gasteiger partial charge in [-0.15, -0.1) is 0 Å². The first-order chi connectivity index (χ1) is 10.5. The summed E-state index contributed by atoms with van der Waals surface area (Å²) in [6.45, 7) is 11.9. The smallest absolute Gasteiger partial charge is 0.0553 e. The minimum atomic E-state index is 0.485. The van der Waals surface area contributed by atoms with Crippen LogP contribution < -0.4 is 0 Å². The highest BCUT2D eigenvalue weighted by Gasteiger charge is 2.41. The van der Waals surface area contributed by atoms with E-state index in [0.717, 1.165) is 17.9 Å². The standard InChI is InChI=1S/C20H37NO/c1-15(2)21-11-9-20(10-12-21)7-5-18(6-8-20)19-13-16(3)22-17(4)14-19/h15-19H,5-14H2,1-4H3/t16-,17+,19?. The zero-order valence-electron chi connectivity index (χ0n) is 15.3. The van der Waals surface area contributed by atoms with Crippen molar-refractivity contribution in [3.8, 4) is 0 Å². The lowest BCUT2D eigenvalue weighted by Crippen LogP contribution is -2.45. The maximum Gasteiger partial charge on any atom is 0.0553 e. The Morgan fingerprint density at radius 1 is 0.864 bits per heavy atom. The van der Waals surface area contributed by atoms with Gasteiger partial charge in [0.1, 0.15) is 0 Å². The highest BCUT2D eigenvalue weighted by Crippen LogP contribution is 2.49. The quantitative estimate of drug-likeness (QED) is 0.721. The van der Waals surface area contributed by atoms with Gasteiger partial charge in [-0.2, -0.15) is 0 Å². The lowest BCUT2D eigenvalue weighted by Gasteiger charge is -2.49. The van der Waals surface area contributed by atoms with Crippen LogP contribution in [0.1, 0.15) is 79.1 Å². The van der Waals surface area contributed by atoms with Crippen molar-refractivity contribution in [2.75, 3.05) is 13.1 Å². The summed E-state index contributed by atoms with van der Waals surface area (Å²) in [6.07, 6.45) is 12.5. The molecule has 0 aromatic heterocycles. The lowest BCUT2D eigenvalue weighted by molar-refractivity contribution is -0.0727. The fraction of sp³-hybridized carbons (Fsp3) is 1.00. The molecule has 0 N–H and O–H groups in total. The van der Waals surface area contributed by atoms with Crippen molar-refractivity contribution < 1.29 is 4.74 Å². The third kappa shape index (κ3) is 3.70. The Labute approximate surface area is 138 Å². The van der Waals surface area contributed by atoms with Gasteiger partial charge < -0.3 is 9.64 Å². The average molecular weight is 308 g/mol. The Kier molecular flexibility index (Phi) is 5.19. The van der Waals surface area contributed by atoms with Gasteiger partial charge in [-0.25, -0.2) is 0 Å². The number of likely N-dealkylation sites (tertiary alicyclic amines) is 1. The van der Waals surface area contributed by atoms with Crippen LogP contribution in [0.4, 0.5) is 0 Å². The molecule has 1 unspecified atom stereocenters. The average Bonchev–Trinajstić information content (AvgIpc) is 2.47. The number of piperidine rings is 1. The lowest BCUT2D eigenvalue weighted by atomic mass is 9.62. The minimum Gasteiger partial charge on any atom is -0.376 e. The first-order valence-electron chi connectivity index (χ1n) is 9.87. The molecule has 22 heavy (non-hydrogen) atoms. The Bertz CT molecular complexity index is 339. The van der Waals surface area contributed by atoms with Crippen LogP contribution in [0.3, 0.4) is 0 Å². The van der Waals surface area contributed by atoms with E-state index in [2.05, 4.69) is 32.6 Å². The highest BCUT2D eigenvalue weighted by molar-refractivity contribution is 4.93. The topological polar surface area (TPSA) is 12.5 Å².